The lowest BCUT2D eigenvalue weighted by Crippen LogP contribution is -2.52. The second kappa shape index (κ2) is 6.93. The van der Waals surface area contributed by atoms with Crippen LogP contribution in [0.5, 0.6) is 0 Å². The highest BCUT2D eigenvalue weighted by Crippen LogP contribution is 2.58. The van der Waals surface area contributed by atoms with E-state index in [9.17, 15) is 9.59 Å². The van der Waals surface area contributed by atoms with Crippen molar-refractivity contribution in [1.82, 2.24) is 5.32 Å². The molecule has 4 fully saturated rings. The molecule has 0 radical (unpaired) electrons. The third kappa shape index (κ3) is 3.06. The highest BCUT2D eigenvalue weighted by molar-refractivity contribution is 5.82. The number of hydrogen-bond acceptors (Lipinski definition) is 5. The van der Waals surface area contributed by atoms with E-state index in [0.717, 1.165) is 70.0 Å². The molecule has 146 valence electrons. The van der Waals surface area contributed by atoms with Gasteiger partial charge in [0.25, 0.3) is 0 Å². The Bertz CT molecular complexity index is 684. The molecule has 1 aromatic carbocycles. The van der Waals surface area contributed by atoms with E-state index in [2.05, 4.69) is 17.4 Å². The first kappa shape index (κ1) is 18.5. The second-order valence-corrected chi connectivity index (χ2v) is 8.55. The fourth-order valence-corrected chi connectivity index (χ4v) is 5.32. The number of piperidine rings is 1. The predicted octanol–water partition coefficient (Wildman–Crippen LogP) is 3.32. The van der Waals surface area contributed by atoms with Gasteiger partial charge in [-0.25, -0.2) is 0 Å². The van der Waals surface area contributed by atoms with Crippen molar-refractivity contribution in [2.75, 3.05) is 20.2 Å². The van der Waals surface area contributed by atoms with Gasteiger partial charge in [0, 0.05) is 12.8 Å². The molecule has 1 heterocycles. The van der Waals surface area contributed by atoms with Gasteiger partial charge >= 0.3 is 11.9 Å². The highest BCUT2D eigenvalue weighted by Gasteiger charge is 2.57. The van der Waals surface area contributed by atoms with Gasteiger partial charge in [-0.2, -0.15) is 0 Å². The molecule has 0 atom stereocenters. The zero-order chi connectivity index (χ0) is 19.0. The van der Waals surface area contributed by atoms with Gasteiger partial charge in [-0.3, -0.25) is 9.59 Å². The molecule has 2 bridgehead atoms. The molecule has 1 aromatic rings. The smallest absolute Gasteiger partial charge is 0.312 e. The van der Waals surface area contributed by atoms with Gasteiger partial charge in [0.2, 0.25) is 0 Å². The number of benzene rings is 1. The second-order valence-electron chi connectivity index (χ2n) is 8.55. The maximum absolute atomic E-state index is 13.4. The first-order chi connectivity index (χ1) is 13.0. The number of methoxy groups -OCH3 is 1. The number of ether oxygens (including phenoxy) is 2. The van der Waals surface area contributed by atoms with Crippen LogP contribution in [0, 0.1) is 10.8 Å². The summed E-state index contributed by atoms with van der Waals surface area (Å²) in [6, 6.07) is 10.2. The highest BCUT2D eigenvalue weighted by atomic mass is 16.6. The van der Waals surface area contributed by atoms with Gasteiger partial charge in [0.1, 0.15) is 5.60 Å². The van der Waals surface area contributed by atoms with Gasteiger partial charge in [-0.1, -0.05) is 30.3 Å². The standard InChI is InChI=1S/C22H29NO4/c1-26-18(24)20-7-10-21(11-8-20,12-9-20)19(25)27-22(13-15-23-16-14-22)17-5-3-2-4-6-17/h2-6,23H,7-16H2,1H3. The molecule has 5 heteroatoms. The van der Waals surface area contributed by atoms with Crippen LogP contribution in [0.2, 0.25) is 0 Å². The molecule has 5 rings (SSSR count). The van der Waals surface area contributed by atoms with E-state index >= 15 is 0 Å². The molecule has 1 aliphatic heterocycles. The number of carbonyl (C=O) groups excluding carboxylic acids is 2. The SMILES string of the molecule is COC(=O)C12CCC(C(=O)OC3(c4ccccc4)CCNCC3)(CC1)CC2. The van der Waals surface area contributed by atoms with E-state index in [0.29, 0.717) is 0 Å². The van der Waals surface area contributed by atoms with Crippen LogP contribution in [0.4, 0.5) is 0 Å². The summed E-state index contributed by atoms with van der Waals surface area (Å²) in [6.45, 7) is 1.70. The van der Waals surface area contributed by atoms with Crippen LogP contribution >= 0.6 is 0 Å². The van der Waals surface area contributed by atoms with Crippen molar-refractivity contribution < 1.29 is 19.1 Å². The molecule has 0 unspecified atom stereocenters. The van der Waals surface area contributed by atoms with Crippen LogP contribution in [0.15, 0.2) is 30.3 Å². The van der Waals surface area contributed by atoms with Gasteiger partial charge in [0.05, 0.1) is 17.9 Å². The average molecular weight is 371 g/mol. The van der Waals surface area contributed by atoms with E-state index in [1.807, 2.05) is 18.2 Å². The lowest BCUT2D eigenvalue weighted by Gasteiger charge is -2.51. The van der Waals surface area contributed by atoms with Gasteiger partial charge in [-0.15, -0.1) is 0 Å². The number of rotatable bonds is 4. The first-order valence-electron chi connectivity index (χ1n) is 10.1. The normalized spacial score (nSPS) is 31.9. The molecule has 0 aromatic heterocycles. The van der Waals surface area contributed by atoms with Crippen molar-refractivity contribution in [3.05, 3.63) is 35.9 Å². The molecule has 27 heavy (non-hydrogen) atoms. The van der Waals surface area contributed by atoms with Crippen molar-refractivity contribution in [1.29, 1.82) is 0 Å². The zero-order valence-corrected chi connectivity index (χ0v) is 16.1. The summed E-state index contributed by atoms with van der Waals surface area (Å²) in [5, 5.41) is 3.37. The van der Waals surface area contributed by atoms with Gasteiger partial charge in [0.15, 0.2) is 0 Å². The minimum atomic E-state index is -0.535. The fourth-order valence-electron chi connectivity index (χ4n) is 5.32. The first-order valence-corrected chi connectivity index (χ1v) is 10.1. The summed E-state index contributed by atoms with van der Waals surface area (Å²) in [5.74, 6) is -0.172. The van der Waals surface area contributed by atoms with E-state index in [1.165, 1.54) is 7.11 Å². The number of hydrogen-bond donors (Lipinski definition) is 1. The maximum Gasteiger partial charge on any atom is 0.312 e. The van der Waals surface area contributed by atoms with Crippen molar-refractivity contribution in [3.8, 4) is 0 Å². The van der Waals surface area contributed by atoms with Crippen LogP contribution in [-0.2, 0) is 24.7 Å². The minimum absolute atomic E-state index is 0.0635. The van der Waals surface area contributed by atoms with Crippen LogP contribution in [0.1, 0.15) is 56.9 Å². The van der Waals surface area contributed by atoms with E-state index in [1.54, 1.807) is 0 Å². The lowest BCUT2D eigenvalue weighted by atomic mass is 9.53. The fraction of sp³-hybridized carbons (Fsp3) is 0.636. The van der Waals surface area contributed by atoms with Gasteiger partial charge in [-0.05, 0) is 57.2 Å². The number of carbonyl (C=O) groups is 2. The summed E-state index contributed by atoms with van der Waals surface area (Å²) in [6.07, 6.45) is 5.96. The summed E-state index contributed by atoms with van der Waals surface area (Å²) in [5.41, 5.74) is -0.246. The average Bonchev–Trinajstić information content (AvgIpc) is 2.75. The molecule has 1 N–H and O–H groups in total. The molecule has 3 saturated carbocycles. The summed E-state index contributed by atoms with van der Waals surface area (Å²) in [4.78, 5) is 25.6. The maximum atomic E-state index is 13.4. The number of esters is 2. The Balaban J connectivity index is 1.54. The van der Waals surface area contributed by atoms with Crippen LogP contribution in [0.25, 0.3) is 0 Å². The minimum Gasteiger partial charge on any atom is -0.469 e. The van der Waals surface area contributed by atoms with Crippen LogP contribution in [0.3, 0.4) is 0 Å². The topological polar surface area (TPSA) is 64.6 Å². The Hall–Kier alpha value is -1.88. The molecule has 1 saturated heterocycles. The number of fused-ring (bicyclic) bond motifs is 3. The Kier molecular flexibility index (Phi) is 4.75. The van der Waals surface area contributed by atoms with Crippen molar-refractivity contribution >= 4 is 11.9 Å². The van der Waals surface area contributed by atoms with Crippen molar-refractivity contribution in [2.45, 2.75) is 57.0 Å². The molecular formula is C22H29NO4. The summed E-state index contributed by atoms with van der Waals surface area (Å²) >= 11 is 0. The molecule has 4 aliphatic rings. The molecule has 0 amide bonds. The zero-order valence-electron chi connectivity index (χ0n) is 16.1. The van der Waals surface area contributed by atoms with E-state index in [4.69, 9.17) is 9.47 Å². The third-order valence-electron chi connectivity index (χ3n) is 7.30. The third-order valence-corrected chi connectivity index (χ3v) is 7.30. The monoisotopic (exact) mass is 371 g/mol. The van der Waals surface area contributed by atoms with E-state index < -0.39 is 11.0 Å². The van der Waals surface area contributed by atoms with Crippen molar-refractivity contribution in [2.24, 2.45) is 10.8 Å². The Morgan fingerprint density at radius 3 is 1.85 bits per heavy atom. The van der Waals surface area contributed by atoms with Crippen LogP contribution < -0.4 is 5.32 Å². The lowest BCUT2D eigenvalue weighted by molar-refractivity contribution is -0.191. The molecule has 5 nitrogen and oxygen atoms in total. The van der Waals surface area contributed by atoms with Crippen molar-refractivity contribution in [3.63, 3.8) is 0 Å². The Labute approximate surface area is 160 Å². The summed E-state index contributed by atoms with van der Waals surface area (Å²) in [7, 11) is 1.46. The predicted molar refractivity (Wildman–Crippen MR) is 101 cm³/mol. The number of nitrogens with one attached hydrogen (secondary N) is 1. The van der Waals surface area contributed by atoms with E-state index in [-0.39, 0.29) is 17.4 Å². The quantitative estimate of drug-likeness (QED) is 0.823. The van der Waals surface area contributed by atoms with Gasteiger partial charge < -0.3 is 14.8 Å². The summed E-state index contributed by atoms with van der Waals surface area (Å²) < 4.78 is 11.4. The molecule has 3 aliphatic carbocycles. The Morgan fingerprint density at radius 1 is 0.815 bits per heavy atom. The molecule has 0 spiro atoms. The van der Waals surface area contributed by atoms with Crippen LogP contribution in [-0.4, -0.2) is 32.1 Å². The Morgan fingerprint density at radius 2 is 1.33 bits per heavy atom. The molecular weight excluding hydrogens is 342 g/mol. The largest absolute Gasteiger partial charge is 0.469 e.